The molecule has 1 amide bonds. The first-order valence-electron chi connectivity index (χ1n) is 7.80. The molecule has 1 aromatic carbocycles. The summed E-state index contributed by atoms with van der Waals surface area (Å²) in [6, 6.07) is 8.72. The molecule has 0 saturated carbocycles. The predicted molar refractivity (Wildman–Crippen MR) is 88.0 cm³/mol. The number of hydrogen-bond donors (Lipinski definition) is 2. The summed E-state index contributed by atoms with van der Waals surface area (Å²) < 4.78 is 0. The van der Waals surface area contributed by atoms with E-state index in [4.69, 9.17) is 0 Å². The zero-order valence-corrected chi connectivity index (χ0v) is 13.5. The minimum absolute atomic E-state index is 0. The normalized spacial score (nSPS) is 28.1. The molecule has 1 aromatic rings. The van der Waals surface area contributed by atoms with Gasteiger partial charge in [-0.15, -0.1) is 12.4 Å². The fourth-order valence-electron chi connectivity index (χ4n) is 3.60. The zero-order valence-electron chi connectivity index (χ0n) is 12.7. The lowest BCUT2D eigenvalue weighted by Gasteiger charge is -2.36. The molecule has 2 unspecified atom stereocenters. The van der Waals surface area contributed by atoms with Crippen LogP contribution in [0, 0.1) is 0 Å². The molecule has 21 heavy (non-hydrogen) atoms. The van der Waals surface area contributed by atoms with E-state index in [9.17, 15) is 4.79 Å². The quantitative estimate of drug-likeness (QED) is 0.881. The number of piperidine rings is 1. The molecule has 0 spiro atoms. The van der Waals surface area contributed by atoms with Gasteiger partial charge in [-0.05, 0) is 56.7 Å². The Hall–Kier alpha value is -1.06. The van der Waals surface area contributed by atoms with Crippen molar-refractivity contribution in [3.05, 3.63) is 35.4 Å². The Morgan fingerprint density at radius 3 is 2.90 bits per heavy atom. The third-order valence-corrected chi connectivity index (χ3v) is 4.87. The van der Waals surface area contributed by atoms with Crippen LogP contribution in [0.3, 0.4) is 0 Å². The maximum absolute atomic E-state index is 12.8. The molecule has 116 valence electrons. The first kappa shape index (κ1) is 16.3. The van der Waals surface area contributed by atoms with Crippen molar-refractivity contribution < 1.29 is 4.79 Å². The summed E-state index contributed by atoms with van der Waals surface area (Å²) in [6.07, 6.45) is 5.40. The van der Waals surface area contributed by atoms with E-state index in [0.29, 0.717) is 6.04 Å². The van der Waals surface area contributed by atoms with Crippen molar-refractivity contribution in [2.24, 2.45) is 0 Å². The molecule has 3 rings (SSSR count). The SMILES string of the molecule is CC1(C(=O)NC2CCCNC2)CCCc2ccccc21.Cl. The van der Waals surface area contributed by atoms with E-state index in [0.717, 1.165) is 45.2 Å². The summed E-state index contributed by atoms with van der Waals surface area (Å²) in [5.74, 6) is 0.207. The van der Waals surface area contributed by atoms with Crippen molar-refractivity contribution >= 4 is 18.3 Å². The minimum Gasteiger partial charge on any atom is -0.351 e. The Morgan fingerprint density at radius 1 is 1.33 bits per heavy atom. The van der Waals surface area contributed by atoms with E-state index < -0.39 is 0 Å². The van der Waals surface area contributed by atoms with Gasteiger partial charge in [0.1, 0.15) is 0 Å². The molecule has 1 heterocycles. The van der Waals surface area contributed by atoms with Crippen LogP contribution in [-0.2, 0) is 16.6 Å². The van der Waals surface area contributed by atoms with Gasteiger partial charge in [-0.25, -0.2) is 0 Å². The summed E-state index contributed by atoms with van der Waals surface area (Å²) in [6.45, 7) is 4.09. The molecule has 3 nitrogen and oxygen atoms in total. The average molecular weight is 309 g/mol. The molecule has 0 radical (unpaired) electrons. The maximum Gasteiger partial charge on any atom is 0.230 e. The monoisotopic (exact) mass is 308 g/mol. The van der Waals surface area contributed by atoms with Gasteiger partial charge in [-0.2, -0.15) is 0 Å². The molecule has 0 aromatic heterocycles. The number of amides is 1. The Morgan fingerprint density at radius 2 is 2.14 bits per heavy atom. The number of carbonyl (C=O) groups is 1. The number of rotatable bonds is 2. The van der Waals surface area contributed by atoms with Crippen molar-refractivity contribution in [2.75, 3.05) is 13.1 Å². The average Bonchev–Trinajstić information content (AvgIpc) is 2.49. The van der Waals surface area contributed by atoms with Gasteiger partial charge in [-0.3, -0.25) is 4.79 Å². The number of nitrogens with one attached hydrogen (secondary N) is 2. The molecule has 1 saturated heterocycles. The highest BCUT2D eigenvalue weighted by Crippen LogP contribution is 2.37. The number of fused-ring (bicyclic) bond motifs is 1. The molecule has 1 fully saturated rings. The first-order valence-corrected chi connectivity index (χ1v) is 7.80. The van der Waals surface area contributed by atoms with Crippen molar-refractivity contribution in [3.63, 3.8) is 0 Å². The molecule has 4 heteroatoms. The van der Waals surface area contributed by atoms with Gasteiger partial charge in [0.15, 0.2) is 0 Å². The van der Waals surface area contributed by atoms with E-state index in [-0.39, 0.29) is 23.7 Å². The Bertz CT molecular complexity index is 499. The van der Waals surface area contributed by atoms with Crippen LogP contribution < -0.4 is 10.6 Å². The largest absolute Gasteiger partial charge is 0.351 e. The zero-order chi connectivity index (χ0) is 14.0. The van der Waals surface area contributed by atoms with Crippen LogP contribution in [0.15, 0.2) is 24.3 Å². The third kappa shape index (κ3) is 3.24. The van der Waals surface area contributed by atoms with Gasteiger partial charge in [0, 0.05) is 12.6 Å². The lowest BCUT2D eigenvalue weighted by Crippen LogP contribution is -2.52. The second kappa shape index (κ2) is 6.80. The van der Waals surface area contributed by atoms with Gasteiger partial charge in [0.2, 0.25) is 5.91 Å². The summed E-state index contributed by atoms with van der Waals surface area (Å²) in [5.41, 5.74) is 2.22. The smallest absolute Gasteiger partial charge is 0.230 e. The fourth-order valence-corrected chi connectivity index (χ4v) is 3.60. The predicted octanol–water partition coefficient (Wildman–Crippen LogP) is 2.57. The highest BCUT2D eigenvalue weighted by molar-refractivity contribution is 5.88. The molecule has 2 N–H and O–H groups in total. The fraction of sp³-hybridized carbons (Fsp3) is 0.588. The number of aryl methyl sites for hydroxylation is 1. The maximum atomic E-state index is 12.8. The molecular weight excluding hydrogens is 284 g/mol. The topological polar surface area (TPSA) is 41.1 Å². The molecular formula is C17H25ClN2O. The highest BCUT2D eigenvalue weighted by Gasteiger charge is 2.39. The summed E-state index contributed by atoms with van der Waals surface area (Å²) >= 11 is 0. The molecule has 1 aliphatic carbocycles. The Labute approximate surface area is 133 Å². The first-order chi connectivity index (χ1) is 9.70. The van der Waals surface area contributed by atoms with E-state index in [1.54, 1.807) is 0 Å². The van der Waals surface area contributed by atoms with Gasteiger partial charge in [0.25, 0.3) is 0 Å². The third-order valence-electron chi connectivity index (χ3n) is 4.87. The van der Waals surface area contributed by atoms with Gasteiger partial charge < -0.3 is 10.6 Å². The van der Waals surface area contributed by atoms with Gasteiger partial charge in [0.05, 0.1) is 5.41 Å². The standard InChI is InChI=1S/C17H24N2O.ClH/c1-17(16(20)19-14-8-5-11-18-12-14)10-4-7-13-6-2-3-9-15(13)17;/h2-3,6,9,14,18H,4-5,7-8,10-12H2,1H3,(H,19,20);1H. The molecule has 0 bridgehead atoms. The minimum atomic E-state index is -0.355. The second-order valence-corrected chi connectivity index (χ2v) is 6.36. The van der Waals surface area contributed by atoms with Crippen LogP contribution >= 0.6 is 12.4 Å². The van der Waals surface area contributed by atoms with Crippen LogP contribution in [0.2, 0.25) is 0 Å². The van der Waals surface area contributed by atoms with Crippen molar-refractivity contribution in [3.8, 4) is 0 Å². The van der Waals surface area contributed by atoms with Crippen molar-refractivity contribution in [1.29, 1.82) is 0 Å². The summed E-state index contributed by atoms with van der Waals surface area (Å²) in [4.78, 5) is 12.8. The Kier molecular flexibility index (Phi) is 5.28. The van der Waals surface area contributed by atoms with Crippen LogP contribution in [-0.4, -0.2) is 25.0 Å². The van der Waals surface area contributed by atoms with E-state index in [2.05, 4.69) is 41.8 Å². The van der Waals surface area contributed by atoms with E-state index >= 15 is 0 Å². The van der Waals surface area contributed by atoms with Crippen LogP contribution in [0.5, 0.6) is 0 Å². The molecule has 1 aliphatic heterocycles. The van der Waals surface area contributed by atoms with Gasteiger partial charge >= 0.3 is 0 Å². The molecule has 2 atom stereocenters. The number of carbonyl (C=O) groups excluding carboxylic acids is 1. The van der Waals surface area contributed by atoms with Crippen molar-refractivity contribution in [2.45, 2.75) is 50.5 Å². The Balaban J connectivity index is 0.00000161. The highest BCUT2D eigenvalue weighted by atomic mass is 35.5. The number of halogens is 1. The van der Waals surface area contributed by atoms with Gasteiger partial charge in [-0.1, -0.05) is 24.3 Å². The number of benzene rings is 1. The second-order valence-electron chi connectivity index (χ2n) is 6.36. The van der Waals surface area contributed by atoms with Crippen LogP contribution in [0.25, 0.3) is 0 Å². The lowest BCUT2D eigenvalue weighted by atomic mass is 9.70. The van der Waals surface area contributed by atoms with Crippen molar-refractivity contribution in [1.82, 2.24) is 10.6 Å². The summed E-state index contributed by atoms with van der Waals surface area (Å²) in [7, 11) is 0. The van der Waals surface area contributed by atoms with E-state index in [1.807, 2.05) is 0 Å². The van der Waals surface area contributed by atoms with Crippen LogP contribution in [0.4, 0.5) is 0 Å². The van der Waals surface area contributed by atoms with E-state index in [1.165, 1.54) is 11.1 Å². The number of hydrogen-bond acceptors (Lipinski definition) is 2. The summed E-state index contributed by atoms with van der Waals surface area (Å²) in [5, 5.41) is 6.63. The molecule has 2 aliphatic rings. The van der Waals surface area contributed by atoms with Crippen LogP contribution in [0.1, 0.15) is 43.7 Å². The lowest BCUT2D eigenvalue weighted by molar-refractivity contribution is -0.127.